The maximum atomic E-state index is 14.7. The Morgan fingerprint density at radius 2 is 1.53 bits per heavy atom. The first-order valence-corrected chi connectivity index (χ1v) is 18.9. The van der Waals surface area contributed by atoms with Gasteiger partial charge in [0.2, 0.25) is 23.7 Å². The monoisotopic (exact) mass is 817 g/mol. The van der Waals surface area contributed by atoms with E-state index in [0.29, 0.717) is 68.9 Å². The molecule has 0 saturated carbocycles. The van der Waals surface area contributed by atoms with Gasteiger partial charge in [0.25, 0.3) is 11.7 Å². The molecule has 0 atom stereocenters. The highest BCUT2D eigenvalue weighted by Crippen LogP contribution is 2.31. The molecule has 0 aliphatic carbocycles. The van der Waals surface area contributed by atoms with E-state index in [9.17, 15) is 19.2 Å². The van der Waals surface area contributed by atoms with Crippen LogP contribution in [0.2, 0.25) is 5.02 Å². The molecule has 59 heavy (non-hydrogen) atoms. The highest BCUT2D eigenvalue weighted by molar-refractivity contribution is 6.30. The van der Waals surface area contributed by atoms with Crippen molar-refractivity contribution in [2.75, 3.05) is 16.0 Å². The standard InChI is InChI=1S/C38H37ClN16O4/c1-5-53-30-28(19(3)49-53)55-20(4)50-54(6-2)36(55)35(59)48-38-46-27-15-22(32(41)57)16-44-33(27)52(38)12-8-7-11-51-29-25(43-18-24-10-9-23(39)17-42-24)13-21(31(40)56)14-26(29)45-37(51)47-34(30)58/h7-10,13-17,43H,5-6,11-12,18H2,1-4H3,(H5-,40,41,45,46,47,48,56,57,58,59)/p+1/b8-7+. The Balaban J connectivity index is 1.35. The Bertz CT molecular complexity index is 2900. The normalized spacial score (nSPS) is 13.6. The lowest BCUT2D eigenvalue weighted by atomic mass is 10.1. The zero-order chi connectivity index (χ0) is 41.7. The molecule has 7 heterocycles. The molecule has 7 aromatic rings. The number of nitrogens with two attached hydrogens (primary N) is 2. The lowest BCUT2D eigenvalue weighted by Crippen LogP contribution is -2.44. The highest BCUT2D eigenvalue weighted by atomic mass is 35.5. The minimum atomic E-state index is -0.681. The van der Waals surface area contributed by atoms with Crippen LogP contribution in [0, 0.1) is 13.8 Å². The van der Waals surface area contributed by atoms with Gasteiger partial charge in [-0.1, -0.05) is 23.8 Å². The summed E-state index contributed by atoms with van der Waals surface area (Å²) < 4.78 is 8.15. The van der Waals surface area contributed by atoms with Gasteiger partial charge in [-0.2, -0.15) is 9.67 Å². The number of pyridine rings is 2. The first-order valence-electron chi connectivity index (χ1n) is 18.6. The van der Waals surface area contributed by atoms with E-state index in [4.69, 9.17) is 33.2 Å². The first-order chi connectivity index (χ1) is 28.4. The zero-order valence-electron chi connectivity index (χ0n) is 32.3. The number of aromatic nitrogens is 11. The SMILES string of the molecule is CCn1nc(C)c2c1C(=O)Nc1nc3cc(C(N)=O)cc(NCc4ccc(Cl)cn4)c3n1C/C=C/Cn1c(nc3cc(C(N)=O)cnc31)NC(=O)c1n(CC)nc(C)[n+]1-2. The van der Waals surface area contributed by atoms with Crippen molar-refractivity contribution in [2.45, 2.75) is 60.4 Å². The third kappa shape index (κ3) is 6.88. The lowest BCUT2D eigenvalue weighted by molar-refractivity contribution is -0.606. The lowest BCUT2D eigenvalue weighted by Gasteiger charge is -2.14. The third-order valence-electron chi connectivity index (χ3n) is 9.82. The molecular formula is C38H38ClN16O4+. The fourth-order valence-electron chi connectivity index (χ4n) is 7.14. The molecule has 21 heteroatoms. The number of rotatable bonds is 7. The Kier molecular flexibility index (Phi) is 9.84. The summed E-state index contributed by atoms with van der Waals surface area (Å²) in [4.78, 5) is 72.2. The molecule has 0 radical (unpaired) electrons. The van der Waals surface area contributed by atoms with Gasteiger partial charge in [-0.25, -0.2) is 15.0 Å². The minimum absolute atomic E-state index is 0.0990. The van der Waals surface area contributed by atoms with Crippen LogP contribution in [0.4, 0.5) is 17.6 Å². The molecule has 0 bridgehead atoms. The van der Waals surface area contributed by atoms with Crippen LogP contribution in [0.3, 0.4) is 0 Å². The third-order valence-corrected chi connectivity index (χ3v) is 10.0. The number of carbonyl (C=O) groups is 4. The van der Waals surface area contributed by atoms with Gasteiger partial charge in [-0.05, 0) is 51.1 Å². The highest BCUT2D eigenvalue weighted by Gasteiger charge is 2.37. The molecule has 0 saturated heterocycles. The molecule has 1 aliphatic rings. The zero-order valence-corrected chi connectivity index (χ0v) is 33.1. The van der Waals surface area contributed by atoms with Gasteiger partial charge in [0, 0.05) is 49.6 Å². The van der Waals surface area contributed by atoms with E-state index in [1.165, 1.54) is 23.1 Å². The summed E-state index contributed by atoms with van der Waals surface area (Å²) in [5.74, 6) is -1.69. The Morgan fingerprint density at radius 1 is 0.847 bits per heavy atom. The predicted molar refractivity (Wildman–Crippen MR) is 216 cm³/mol. The summed E-state index contributed by atoms with van der Waals surface area (Å²) in [5.41, 5.74) is 15.4. The number of anilines is 3. The summed E-state index contributed by atoms with van der Waals surface area (Å²) in [7, 11) is 0. The van der Waals surface area contributed by atoms with Crippen LogP contribution in [0.25, 0.3) is 27.9 Å². The molecule has 1 aliphatic heterocycles. The van der Waals surface area contributed by atoms with Crippen LogP contribution in [0.5, 0.6) is 0 Å². The van der Waals surface area contributed by atoms with Gasteiger partial charge in [0.05, 0.1) is 45.2 Å². The summed E-state index contributed by atoms with van der Waals surface area (Å²) in [6.45, 7) is 8.37. The maximum absolute atomic E-state index is 14.7. The van der Waals surface area contributed by atoms with Gasteiger partial charge in [0.15, 0.2) is 17.0 Å². The predicted octanol–water partition coefficient (Wildman–Crippen LogP) is 3.04. The number of halogens is 1. The molecule has 4 amide bonds. The molecule has 1 aromatic carbocycles. The van der Waals surface area contributed by atoms with Crippen LogP contribution < -0.4 is 32.0 Å². The number of hydrogen-bond acceptors (Lipinski definition) is 11. The van der Waals surface area contributed by atoms with Gasteiger partial charge >= 0.3 is 11.7 Å². The van der Waals surface area contributed by atoms with E-state index >= 15 is 0 Å². The second-order valence-electron chi connectivity index (χ2n) is 13.6. The number of aryl methyl sites for hydroxylation is 4. The largest absolute Gasteiger partial charge is 0.378 e. The number of primary amides is 2. The van der Waals surface area contributed by atoms with Crippen LogP contribution in [0.15, 0.2) is 54.9 Å². The Labute approximate surface area is 339 Å². The average molecular weight is 818 g/mol. The number of nitrogens with zero attached hydrogens (tertiary/aromatic N) is 11. The van der Waals surface area contributed by atoms with E-state index in [1.807, 2.05) is 26.0 Å². The van der Waals surface area contributed by atoms with Crippen molar-refractivity contribution < 1.29 is 23.7 Å². The van der Waals surface area contributed by atoms with E-state index < -0.39 is 23.6 Å². The van der Waals surface area contributed by atoms with Crippen LogP contribution >= 0.6 is 11.6 Å². The molecule has 8 rings (SSSR count). The molecular weight excluding hydrogens is 780 g/mol. The van der Waals surface area contributed by atoms with Gasteiger partial charge in [-0.3, -0.25) is 44.0 Å². The van der Waals surface area contributed by atoms with Crippen LogP contribution in [-0.4, -0.2) is 72.3 Å². The number of nitrogens with one attached hydrogen (secondary N) is 3. The van der Waals surface area contributed by atoms with E-state index in [2.05, 4.69) is 36.0 Å². The molecule has 7 N–H and O–H groups in total. The number of benzene rings is 1. The van der Waals surface area contributed by atoms with Gasteiger partial charge in [-0.15, -0.1) is 4.68 Å². The smallest absolute Gasteiger partial charge is 0.331 e. The molecule has 6 aromatic heterocycles. The number of hydrogen-bond donors (Lipinski definition) is 5. The molecule has 0 unspecified atom stereocenters. The summed E-state index contributed by atoms with van der Waals surface area (Å²) in [6.07, 6.45) is 6.57. The number of allylic oxidation sites excluding steroid dienone is 2. The molecule has 300 valence electrons. The second-order valence-corrected chi connectivity index (χ2v) is 14.0. The number of fused-ring (bicyclic) bond motifs is 9. The topological polar surface area (TPSA) is 257 Å². The minimum Gasteiger partial charge on any atom is -0.378 e. The number of imidazole rings is 2. The summed E-state index contributed by atoms with van der Waals surface area (Å²) >= 11 is 6.08. The van der Waals surface area contributed by atoms with Gasteiger partial charge in [0.1, 0.15) is 12.1 Å². The first kappa shape index (κ1) is 38.4. The van der Waals surface area contributed by atoms with E-state index in [0.717, 1.165) is 0 Å². The van der Waals surface area contributed by atoms with Crippen molar-refractivity contribution in [2.24, 2.45) is 11.5 Å². The molecule has 20 nitrogen and oxygen atoms in total. The number of carbonyl (C=O) groups excluding carboxylic acids is 4. The molecule has 0 spiro atoms. The van der Waals surface area contributed by atoms with E-state index in [1.54, 1.807) is 56.5 Å². The summed E-state index contributed by atoms with van der Waals surface area (Å²) in [5, 5.41) is 19.2. The van der Waals surface area contributed by atoms with Crippen molar-refractivity contribution >= 4 is 75.0 Å². The van der Waals surface area contributed by atoms with Crippen molar-refractivity contribution in [1.29, 1.82) is 0 Å². The molecule has 0 fully saturated rings. The maximum Gasteiger partial charge on any atom is 0.331 e. The fourth-order valence-corrected chi connectivity index (χ4v) is 7.26. The van der Waals surface area contributed by atoms with Crippen LogP contribution in [-0.2, 0) is 32.7 Å². The quantitative estimate of drug-likeness (QED) is 0.115. The van der Waals surface area contributed by atoms with Crippen molar-refractivity contribution in [3.63, 3.8) is 0 Å². The van der Waals surface area contributed by atoms with Crippen molar-refractivity contribution in [3.8, 4) is 5.69 Å². The van der Waals surface area contributed by atoms with Crippen LogP contribution in [0.1, 0.15) is 72.9 Å². The van der Waals surface area contributed by atoms with E-state index in [-0.39, 0.29) is 54.2 Å². The Hall–Kier alpha value is -7.48. The van der Waals surface area contributed by atoms with Crippen molar-refractivity contribution in [1.82, 2.24) is 48.6 Å². The summed E-state index contributed by atoms with van der Waals surface area (Å²) in [6, 6.07) is 8.19. The number of amides is 4. The fraction of sp³-hybridized carbons (Fsp3) is 0.237. The second kappa shape index (κ2) is 15.1. The average Bonchev–Trinajstić information content (AvgIpc) is 3.94. The van der Waals surface area contributed by atoms with Gasteiger partial charge < -0.3 is 21.4 Å². The van der Waals surface area contributed by atoms with Crippen molar-refractivity contribution in [3.05, 3.63) is 99.8 Å². The Morgan fingerprint density at radius 3 is 2.22 bits per heavy atom.